The van der Waals surface area contributed by atoms with Crippen LogP contribution in [0.5, 0.6) is 0 Å². The highest BCUT2D eigenvalue weighted by Gasteiger charge is 2.07. The molecule has 0 spiro atoms. The van der Waals surface area contributed by atoms with Gasteiger partial charge in [0.25, 0.3) is 0 Å². The van der Waals surface area contributed by atoms with Crippen LogP contribution in [0.15, 0.2) is 12.2 Å². The van der Waals surface area contributed by atoms with Gasteiger partial charge in [-0.3, -0.25) is 4.79 Å². The van der Waals surface area contributed by atoms with E-state index in [-0.39, 0.29) is 11.9 Å². The van der Waals surface area contributed by atoms with Gasteiger partial charge >= 0.3 is 11.9 Å². The Morgan fingerprint density at radius 1 is 1.40 bits per heavy atom. The summed E-state index contributed by atoms with van der Waals surface area (Å²) in [5.74, 6) is 0.480. The molecule has 0 aliphatic carbocycles. The van der Waals surface area contributed by atoms with E-state index in [0.717, 1.165) is 0 Å². The van der Waals surface area contributed by atoms with Crippen LogP contribution in [0.3, 0.4) is 0 Å². The minimum absolute atomic E-state index is 0.246. The van der Waals surface area contributed by atoms with Crippen LogP contribution in [0.2, 0.25) is 0 Å². The smallest absolute Gasteiger partial charge is 0.334 e. The molecule has 0 N–H and O–H groups in total. The zero-order valence-electron chi connectivity index (χ0n) is 9.08. The highest BCUT2D eigenvalue weighted by Crippen LogP contribution is 2.09. The summed E-state index contributed by atoms with van der Waals surface area (Å²) in [6.45, 7) is 5.70. The molecule has 0 aromatic heterocycles. The Bertz CT molecular complexity index is 238. The fourth-order valence-electron chi connectivity index (χ4n) is 0.745. The third-order valence-corrected chi connectivity index (χ3v) is 2.56. The zero-order chi connectivity index (χ0) is 11.7. The van der Waals surface area contributed by atoms with Gasteiger partial charge in [0.15, 0.2) is 0 Å². The molecule has 0 bridgehead atoms. The summed E-state index contributed by atoms with van der Waals surface area (Å²) in [5, 5.41) is 0. The molecule has 86 valence electrons. The molecule has 0 fully saturated rings. The van der Waals surface area contributed by atoms with Crippen molar-refractivity contribution in [3.8, 4) is 0 Å². The van der Waals surface area contributed by atoms with Crippen molar-refractivity contribution in [3.63, 3.8) is 0 Å². The molecule has 15 heavy (non-hydrogen) atoms. The largest absolute Gasteiger partial charge is 0.469 e. The van der Waals surface area contributed by atoms with Crippen molar-refractivity contribution in [1.82, 2.24) is 0 Å². The summed E-state index contributed by atoms with van der Waals surface area (Å²) >= 11 is 1.46. The topological polar surface area (TPSA) is 52.6 Å². The van der Waals surface area contributed by atoms with Crippen LogP contribution < -0.4 is 0 Å². The van der Waals surface area contributed by atoms with E-state index in [4.69, 9.17) is 4.74 Å². The Labute approximate surface area is 94.0 Å². The van der Waals surface area contributed by atoms with Gasteiger partial charge in [0.1, 0.15) is 0 Å². The van der Waals surface area contributed by atoms with E-state index in [1.807, 2.05) is 0 Å². The first-order valence-corrected chi connectivity index (χ1v) is 5.76. The average Bonchev–Trinajstić information content (AvgIpc) is 2.23. The molecule has 0 saturated carbocycles. The quantitative estimate of drug-likeness (QED) is 0.377. The lowest BCUT2D eigenvalue weighted by Gasteiger charge is -2.04. The summed E-state index contributed by atoms with van der Waals surface area (Å²) < 4.78 is 9.24. The molecule has 0 heterocycles. The summed E-state index contributed by atoms with van der Waals surface area (Å²) in [7, 11) is 1.35. The number of hydrogen-bond donors (Lipinski definition) is 0. The van der Waals surface area contributed by atoms with Gasteiger partial charge in [0.05, 0.1) is 20.1 Å². The molecule has 0 amide bonds. The highest BCUT2D eigenvalue weighted by molar-refractivity contribution is 7.99. The van der Waals surface area contributed by atoms with Gasteiger partial charge in [-0.15, -0.1) is 0 Å². The molecule has 0 aromatic carbocycles. The SMILES string of the molecule is C=C(CSCCC(=O)OC)C(=O)OCC. The fraction of sp³-hybridized carbons (Fsp3) is 0.600. The van der Waals surface area contributed by atoms with Crippen LogP contribution in [0.25, 0.3) is 0 Å². The van der Waals surface area contributed by atoms with E-state index in [0.29, 0.717) is 30.1 Å². The first-order valence-electron chi connectivity index (χ1n) is 4.61. The summed E-state index contributed by atoms with van der Waals surface area (Å²) in [6.07, 6.45) is 0.345. The predicted molar refractivity (Wildman–Crippen MR) is 59.7 cm³/mol. The number of carbonyl (C=O) groups excluding carboxylic acids is 2. The zero-order valence-corrected chi connectivity index (χ0v) is 9.89. The summed E-state index contributed by atoms with van der Waals surface area (Å²) in [6, 6.07) is 0. The molecule has 0 rings (SSSR count). The van der Waals surface area contributed by atoms with Crippen molar-refractivity contribution < 1.29 is 19.1 Å². The van der Waals surface area contributed by atoms with E-state index in [2.05, 4.69) is 11.3 Å². The normalized spacial score (nSPS) is 9.47. The van der Waals surface area contributed by atoms with Gasteiger partial charge in [0, 0.05) is 17.1 Å². The Kier molecular flexibility index (Phi) is 7.81. The molecule has 0 radical (unpaired) electrons. The average molecular weight is 232 g/mol. The third-order valence-electron chi connectivity index (χ3n) is 1.52. The number of carbonyl (C=O) groups is 2. The van der Waals surface area contributed by atoms with Crippen LogP contribution in [0.1, 0.15) is 13.3 Å². The van der Waals surface area contributed by atoms with Crippen LogP contribution in [-0.2, 0) is 19.1 Å². The van der Waals surface area contributed by atoms with Crippen molar-refractivity contribution in [2.45, 2.75) is 13.3 Å². The number of methoxy groups -OCH3 is 1. The van der Waals surface area contributed by atoms with Crippen LogP contribution in [0.4, 0.5) is 0 Å². The number of hydrogen-bond acceptors (Lipinski definition) is 5. The Hall–Kier alpha value is -0.970. The van der Waals surface area contributed by atoms with Crippen molar-refractivity contribution in [2.75, 3.05) is 25.2 Å². The van der Waals surface area contributed by atoms with Gasteiger partial charge in [-0.1, -0.05) is 6.58 Å². The second-order valence-corrected chi connectivity index (χ2v) is 3.81. The molecule has 0 aliphatic rings. The van der Waals surface area contributed by atoms with Crippen LogP contribution in [0, 0.1) is 0 Å². The number of thioether (sulfide) groups is 1. The standard InChI is InChI=1S/C10H16O4S/c1-4-14-10(12)8(2)7-15-6-5-9(11)13-3/h2,4-7H2,1,3H3. The van der Waals surface area contributed by atoms with Crippen LogP contribution in [-0.4, -0.2) is 37.2 Å². The molecular formula is C10H16O4S. The van der Waals surface area contributed by atoms with Crippen molar-refractivity contribution in [1.29, 1.82) is 0 Å². The first kappa shape index (κ1) is 14.0. The number of rotatable bonds is 7. The number of ether oxygens (including phenoxy) is 2. The molecular weight excluding hydrogens is 216 g/mol. The highest BCUT2D eigenvalue weighted by atomic mass is 32.2. The Morgan fingerprint density at radius 3 is 2.60 bits per heavy atom. The maximum atomic E-state index is 11.1. The van der Waals surface area contributed by atoms with E-state index >= 15 is 0 Å². The fourth-order valence-corrected chi connectivity index (χ4v) is 1.56. The lowest BCUT2D eigenvalue weighted by atomic mass is 10.4. The van der Waals surface area contributed by atoms with Crippen LogP contribution >= 0.6 is 11.8 Å². The third kappa shape index (κ3) is 7.02. The van der Waals surface area contributed by atoms with Gasteiger partial charge in [0.2, 0.25) is 0 Å². The minimum atomic E-state index is -0.372. The molecule has 5 heteroatoms. The van der Waals surface area contributed by atoms with E-state index in [1.165, 1.54) is 18.9 Å². The molecule has 0 aromatic rings. The van der Waals surface area contributed by atoms with Gasteiger partial charge in [-0.05, 0) is 6.92 Å². The maximum absolute atomic E-state index is 11.1. The Balaban J connectivity index is 3.55. The molecule has 0 saturated heterocycles. The van der Waals surface area contributed by atoms with E-state index in [9.17, 15) is 9.59 Å². The minimum Gasteiger partial charge on any atom is -0.469 e. The monoisotopic (exact) mass is 232 g/mol. The van der Waals surface area contributed by atoms with Gasteiger partial charge in [-0.25, -0.2) is 4.79 Å². The van der Waals surface area contributed by atoms with Crippen molar-refractivity contribution in [3.05, 3.63) is 12.2 Å². The lowest BCUT2D eigenvalue weighted by Crippen LogP contribution is -2.09. The summed E-state index contributed by atoms with van der Waals surface area (Å²) in [5.41, 5.74) is 0.423. The Morgan fingerprint density at radius 2 is 2.07 bits per heavy atom. The maximum Gasteiger partial charge on any atom is 0.334 e. The van der Waals surface area contributed by atoms with Crippen molar-refractivity contribution >= 4 is 23.7 Å². The second kappa shape index (κ2) is 8.35. The number of esters is 2. The molecule has 0 aliphatic heterocycles. The lowest BCUT2D eigenvalue weighted by molar-refractivity contribution is -0.140. The van der Waals surface area contributed by atoms with Gasteiger partial charge < -0.3 is 9.47 Å². The molecule has 0 atom stereocenters. The second-order valence-electron chi connectivity index (χ2n) is 2.70. The first-order chi connectivity index (χ1) is 7.11. The summed E-state index contributed by atoms with van der Waals surface area (Å²) in [4.78, 5) is 21.8. The predicted octanol–water partition coefficient (Wildman–Crippen LogP) is 1.40. The van der Waals surface area contributed by atoms with Crippen molar-refractivity contribution in [2.24, 2.45) is 0 Å². The van der Waals surface area contributed by atoms with E-state index < -0.39 is 0 Å². The van der Waals surface area contributed by atoms with Gasteiger partial charge in [-0.2, -0.15) is 11.8 Å². The molecule has 4 nitrogen and oxygen atoms in total. The van der Waals surface area contributed by atoms with E-state index in [1.54, 1.807) is 6.92 Å². The molecule has 0 unspecified atom stereocenters.